The van der Waals surface area contributed by atoms with Gasteiger partial charge in [-0.05, 0) is 40.8 Å². The van der Waals surface area contributed by atoms with E-state index in [0.717, 1.165) is 23.0 Å². The minimum atomic E-state index is -0.531. The second-order valence-corrected chi connectivity index (χ2v) is 6.64. The number of rotatable bonds is 5. The molecule has 0 atom stereocenters. The third-order valence-electron chi connectivity index (χ3n) is 3.39. The second-order valence-electron chi connectivity index (χ2n) is 5.27. The fraction of sp³-hybridized carbons (Fsp3) is 0.118. The standard InChI is InChI=1S/C17H14ClN3O3S/c1-11-6-8-12(9-7-11)21-16(17(23)24-20-21)25-10-15(22)19-14-5-3-2-4-13(14)18/h2-9H,10H2,1H3,(H-,19,20,22,23)/p+1. The van der Waals surface area contributed by atoms with Gasteiger partial charge in [-0.25, -0.2) is 4.79 Å². The second kappa shape index (κ2) is 7.58. The van der Waals surface area contributed by atoms with Crippen molar-refractivity contribution in [3.05, 3.63) is 69.5 Å². The highest BCUT2D eigenvalue weighted by atomic mass is 35.5. The maximum Gasteiger partial charge on any atom is 0.442 e. The summed E-state index contributed by atoms with van der Waals surface area (Å²) in [6, 6.07) is 14.5. The highest BCUT2D eigenvalue weighted by Crippen LogP contribution is 2.21. The van der Waals surface area contributed by atoms with Gasteiger partial charge < -0.3 is 5.32 Å². The van der Waals surface area contributed by atoms with Gasteiger partial charge in [0.2, 0.25) is 11.6 Å². The van der Waals surface area contributed by atoms with Gasteiger partial charge in [0, 0.05) is 12.1 Å². The lowest BCUT2D eigenvalue weighted by atomic mass is 10.2. The number of H-pyrrole nitrogens is 1. The van der Waals surface area contributed by atoms with E-state index in [-0.39, 0.29) is 16.7 Å². The van der Waals surface area contributed by atoms with Gasteiger partial charge in [-0.2, -0.15) is 0 Å². The van der Waals surface area contributed by atoms with Crippen LogP contribution < -0.4 is 15.6 Å². The number of halogens is 1. The van der Waals surface area contributed by atoms with Crippen LogP contribution in [0.2, 0.25) is 5.02 Å². The number of carbonyl (C=O) groups is 1. The smallest absolute Gasteiger partial charge is 0.324 e. The Morgan fingerprint density at radius 1 is 1.24 bits per heavy atom. The molecule has 0 fully saturated rings. The number of nitrogens with zero attached hydrogens (tertiary/aromatic N) is 1. The Bertz CT molecular complexity index is 950. The Labute approximate surface area is 152 Å². The number of benzene rings is 2. The maximum absolute atomic E-state index is 12.1. The Morgan fingerprint density at radius 3 is 2.68 bits per heavy atom. The van der Waals surface area contributed by atoms with E-state index in [9.17, 15) is 9.59 Å². The summed E-state index contributed by atoms with van der Waals surface area (Å²) in [5.74, 6) is -0.228. The van der Waals surface area contributed by atoms with Crippen LogP contribution in [0.4, 0.5) is 5.69 Å². The largest absolute Gasteiger partial charge is 0.442 e. The third-order valence-corrected chi connectivity index (χ3v) is 4.75. The van der Waals surface area contributed by atoms with E-state index in [1.54, 1.807) is 24.3 Å². The maximum atomic E-state index is 12.1. The van der Waals surface area contributed by atoms with Crippen molar-refractivity contribution in [3.63, 3.8) is 0 Å². The van der Waals surface area contributed by atoms with Crippen LogP contribution in [0.25, 0.3) is 5.69 Å². The molecule has 128 valence electrons. The molecule has 2 aromatic carbocycles. The van der Waals surface area contributed by atoms with Crippen LogP contribution in [0.1, 0.15) is 5.56 Å². The van der Waals surface area contributed by atoms with E-state index in [2.05, 4.69) is 10.6 Å². The monoisotopic (exact) mass is 376 g/mol. The van der Waals surface area contributed by atoms with Crippen molar-refractivity contribution in [2.75, 3.05) is 11.1 Å². The van der Waals surface area contributed by atoms with Crippen LogP contribution in [0, 0.1) is 6.92 Å². The number of nitrogens with one attached hydrogen (secondary N) is 2. The summed E-state index contributed by atoms with van der Waals surface area (Å²) in [5.41, 5.74) is 1.84. The van der Waals surface area contributed by atoms with E-state index < -0.39 is 5.63 Å². The van der Waals surface area contributed by atoms with Crippen molar-refractivity contribution in [1.29, 1.82) is 0 Å². The molecular formula is C17H15ClN3O3S+. The van der Waals surface area contributed by atoms with Gasteiger partial charge in [-0.15, -0.1) is 0 Å². The van der Waals surface area contributed by atoms with Crippen LogP contribution in [0.15, 0.2) is 62.9 Å². The van der Waals surface area contributed by atoms with Crippen molar-refractivity contribution < 1.29 is 14.0 Å². The van der Waals surface area contributed by atoms with Crippen molar-refractivity contribution in [3.8, 4) is 5.69 Å². The molecule has 0 aliphatic heterocycles. The fourth-order valence-corrected chi connectivity index (χ4v) is 3.09. The molecule has 0 unspecified atom stereocenters. The molecule has 3 rings (SSSR count). The van der Waals surface area contributed by atoms with E-state index in [1.165, 1.54) is 4.68 Å². The molecule has 0 radical (unpaired) electrons. The number of para-hydroxylation sites is 1. The number of anilines is 1. The molecule has 1 amide bonds. The summed E-state index contributed by atoms with van der Waals surface area (Å²) < 4.78 is 6.37. The number of hydrogen-bond acceptors (Lipinski definition) is 4. The quantitative estimate of drug-likeness (QED) is 0.530. The van der Waals surface area contributed by atoms with Gasteiger partial charge in [-0.1, -0.05) is 41.4 Å². The molecule has 2 N–H and O–H groups in total. The highest BCUT2D eigenvalue weighted by Gasteiger charge is 2.25. The Kier molecular flexibility index (Phi) is 5.25. The average molecular weight is 377 g/mol. The van der Waals surface area contributed by atoms with Crippen molar-refractivity contribution in [1.82, 2.24) is 5.27 Å². The molecule has 25 heavy (non-hydrogen) atoms. The summed E-state index contributed by atoms with van der Waals surface area (Å²) in [6.45, 7) is 1.97. The lowest BCUT2D eigenvalue weighted by Crippen LogP contribution is -2.36. The van der Waals surface area contributed by atoms with Crippen LogP contribution in [-0.4, -0.2) is 16.9 Å². The van der Waals surface area contributed by atoms with Crippen molar-refractivity contribution >= 4 is 35.0 Å². The molecular weight excluding hydrogens is 362 g/mol. The van der Waals surface area contributed by atoms with Gasteiger partial charge in [0.25, 0.3) is 0 Å². The molecule has 1 aromatic heterocycles. The van der Waals surface area contributed by atoms with Gasteiger partial charge >= 0.3 is 10.7 Å². The molecule has 0 bridgehead atoms. The molecule has 6 nitrogen and oxygen atoms in total. The highest BCUT2D eigenvalue weighted by molar-refractivity contribution is 7.99. The fourth-order valence-electron chi connectivity index (χ4n) is 2.13. The van der Waals surface area contributed by atoms with Crippen LogP contribution >= 0.6 is 23.4 Å². The lowest BCUT2D eigenvalue weighted by Gasteiger charge is -2.05. The summed E-state index contributed by atoms with van der Waals surface area (Å²) in [4.78, 5) is 24.0. The third kappa shape index (κ3) is 4.12. The van der Waals surface area contributed by atoms with Gasteiger partial charge in [-0.3, -0.25) is 9.32 Å². The zero-order valence-corrected chi connectivity index (χ0v) is 14.9. The minimum absolute atomic E-state index is 0.0414. The summed E-state index contributed by atoms with van der Waals surface area (Å²) in [5, 5.41) is 6.01. The Morgan fingerprint density at radius 2 is 1.96 bits per heavy atom. The number of amides is 1. The summed E-state index contributed by atoms with van der Waals surface area (Å²) in [6.07, 6.45) is 0. The summed E-state index contributed by atoms with van der Waals surface area (Å²) >= 11 is 7.10. The number of aromatic amines is 1. The van der Waals surface area contributed by atoms with E-state index in [4.69, 9.17) is 16.1 Å². The van der Waals surface area contributed by atoms with Gasteiger partial charge in [0.1, 0.15) is 0 Å². The molecule has 8 heteroatoms. The SMILES string of the molecule is Cc1ccc(-[n+]2[nH]oc(=O)c2SCC(=O)Nc2ccccc2Cl)cc1. The number of thioether (sulfide) groups is 1. The number of carbonyl (C=O) groups excluding carboxylic acids is 1. The molecule has 0 aliphatic carbocycles. The molecule has 0 spiro atoms. The summed E-state index contributed by atoms with van der Waals surface area (Å²) in [7, 11) is 0. The average Bonchev–Trinajstić information content (AvgIpc) is 2.96. The first-order chi connectivity index (χ1) is 12.0. The number of aryl methyl sites for hydroxylation is 1. The Hall–Kier alpha value is -2.51. The van der Waals surface area contributed by atoms with Gasteiger partial charge in [0.15, 0.2) is 0 Å². The predicted molar refractivity (Wildman–Crippen MR) is 96.4 cm³/mol. The predicted octanol–water partition coefficient (Wildman–Crippen LogP) is 2.94. The van der Waals surface area contributed by atoms with E-state index in [0.29, 0.717) is 10.7 Å². The zero-order valence-electron chi connectivity index (χ0n) is 13.3. The molecule has 3 aromatic rings. The Balaban J connectivity index is 1.72. The molecule has 1 heterocycles. The lowest BCUT2D eigenvalue weighted by molar-refractivity contribution is -0.704. The first-order valence-corrected chi connectivity index (χ1v) is 8.78. The molecule has 0 aliphatic rings. The zero-order chi connectivity index (χ0) is 17.8. The molecule has 0 saturated carbocycles. The number of hydrogen-bond donors (Lipinski definition) is 2. The normalized spacial score (nSPS) is 10.6. The first kappa shape index (κ1) is 17.3. The van der Waals surface area contributed by atoms with Crippen LogP contribution in [-0.2, 0) is 4.79 Å². The van der Waals surface area contributed by atoms with Crippen LogP contribution in [0.5, 0.6) is 0 Å². The van der Waals surface area contributed by atoms with Crippen LogP contribution in [0.3, 0.4) is 0 Å². The first-order valence-electron chi connectivity index (χ1n) is 7.42. The number of aromatic nitrogens is 2. The minimum Gasteiger partial charge on any atom is -0.324 e. The van der Waals surface area contributed by atoms with Gasteiger partial charge in [0.05, 0.1) is 16.5 Å². The molecule has 0 saturated heterocycles. The van der Waals surface area contributed by atoms with E-state index in [1.807, 2.05) is 31.2 Å². The topological polar surface area (TPSA) is 79.0 Å². The van der Waals surface area contributed by atoms with E-state index >= 15 is 0 Å². The van der Waals surface area contributed by atoms with Crippen molar-refractivity contribution in [2.45, 2.75) is 11.9 Å². The van der Waals surface area contributed by atoms with Crippen molar-refractivity contribution in [2.24, 2.45) is 0 Å².